The second-order valence-electron chi connectivity index (χ2n) is 6.07. The van der Waals surface area contributed by atoms with Crippen LogP contribution in [0.5, 0.6) is 5.75 Å². The molecule has 2 aromatic heterocycles. The third-order valence-corrected chi connectivity index (χ3v) is 4.15. The van der Waals surface area contributed by atoms with Gasteiger partial charge in [-0.15, -0.1) is 0 Å². The molecule has 0 spiro atoms. The van der Waals surface area contributed by atoms with Crippen molar-refractivity contribution in [3.8, 4) is 11.8 Å². The number of carbonyl (C=O) groups excluding carboxylic acids is 1. The van der Waals surface area contributed by atoms with Crippen molar-refractivity contribution in [2.24, 2.45) is 7.05 Å². The van der Waals surface area contributed by atoms with E-state index in [2.05, 4.69) is 10.3 Å². The number of hydrogen-bond acceptors (Lipinski definition) is 5. The zero-order valence-electron chi connectivity index (χ0n) is 14.2. The second kappa shape index (κ2) is 7.36. The molecule has 7 heteroatoms. The Morgan fingerprint density at radius 1 is 1.52 bits per heavy atom. The van der Waals surface area contributed by atoms with Crippen molar-refractivity contribution in [2.45, 2.75) is 25.5 Å². The summed E-state index contributed by atoms with van der Waals surface area (Å²) in [7, 11) is 1.74. The molecule has 25 heavy (non-hydrogen) atoms. The molecule has 0 saturated carbocycles. The Bertz CT molecular complexity index is 792. The molecular formula is C18H20N4O3. The monoisotopic (exact) mass is 340 g/mol. The predicted molar refractivity (Wildman–Crippen MR) is 90.2 cm³/mol. The van der Waals surface area contributed by atoms with Gasteiger partial charge in [0.05, 0.1) is 31.0 Å². The third kappa shape index (κ3) is 3.98. The van der Waals surface area contributed by atoms with Crippen LogP contribution in [0, 0.1) is 18.3 Å². The predicted octanol–water partition coefficient (Wildman–Crippen LogP) is 1.57. The van der Waals surface area contributed by atoms with E-state index in [1.165, 1.54) is 0 Å². The average Bonchev–Trinajstić information content (AvgIpc) is 3.00. The van der Waals surface area contributed by atoms with Crippen LogP contribution in [0.1, 0.15) is 28.2 Å². The van der Waals surface area contributed by atoms with Gasteiger partial charge in [-0.3, -0.25) is 9.78 Å². The number of pyridine rings is 1. The first-order valence-corrected chi connectivity index (χ1v) is 8.11. The van der Waals surface area contributed by atoms with E-state index in [4.69, 9.17) is 14.7 Å². The Balaban J connectivity index is 1.70. The largest absolute Gasteiger partial charge is 0.486 e. The standard InChI is InChI=1S/C18H20N4O3/c1-12-3-4-14(9-20-12)25-17-5-6-24-11-15(17)21-18(23)16-7-13(8-19)10-22(16)2/h3-4,7,9-10,15,17H,5-6,11H2,1-2H3,(H,21,23)/t15-,17+/m0/s1. The number of ether oxygens (including phenoxy) is 2. The number of carbonyl (C=O) groups is 1. The van der Waals surface area contributed by atoms with E-state index in [0.717, 1.165) is 5.69 Å². The van der Waals surface area contributed by atoms with Gasteiger partial charge in [-0.05, 0) is 25.1 Å². The fourth-order valence-electron chi connectivity index (χ4n) is 2.79. The molecule has 0 radical (unpaired) electrons. The van der Waals surface area contributed by atoms with Gasteiger partial charge in [0.15, 0.2) is 0 Å². The Kier molecular flexibility index (Phi) is 5.00. The SMILES string of the molecule is Cc1ccc(O[C@@H]2CCOC[C@@H]2NC(=O)c2cc(C#N)cn2C)cn1. The van der Waals surface area contributed by atoms with Crippen LogP contribution in [0.25, 0.3) is 0 Å². The van der Waals surface area contributed by atoms with E-state index in [9.17, 15) is 4.79 Å². The Hall–Kier alpha value is -2.85. The molecule has 0 aliphatic carbocycles. The van der Waals surface area contributed by atoms with Gasteiger partial charge in [0, 0.05) is 25.4 Å². The van der Waals surface area contributed by atoms with E-state index in [1.807, 2.05) is 25.1 Å². The van der Waals surface area contributed by atoms with Crippen LogP contribution >= 0.6 is 0 Å². The van der Waals surface area contributed by atoms with Gasteiger partial charge < -0.3 is 19.4 Å². The minimum Gasteiger partial charge on any atom is -0.486 e. The van der Waals surface area contributed by atoms with Crippen molar-refractivity contribution in [2.75, 3.05) is 13.2 Å². The van der Waals surface area contributed by atoms with Crippen LogP contribution in [0.3, 0.4) is 0 Å². The highest BCUT2D eigenvalue weighted by Gasteiger charge is 2.30. The highest BCUT2D eigenvalue weighted by Crippen LogP contribution is 2.18. The normalized spacial score (nSPS) is 19.9. The van der Waals surface area contributed by atoms with E-state index < -0.39 is 0 Å². The topological polar surface area (TPSA) is 89.2 Å². The van der Waals surface area contributed by atoms with Gasteiger partial charge in [0.25, 0.3) is 5.91 Å². The van der Waals surface area contributed by atoms with Crippen molar-refractivity contribution in [3.05, 3.63) is 47.5 Å². The molecule has 1 N–H and O–H groups in total. The minimum atomic E-state index is -0.275. The lowest BCUT2D eigenvalue weighted by Crippen LogP contribution is -2.52. The summed E-state index contributed by atoms with van der Waals surface area (Å²) in [5, 5.41) is 11.9. The number of nitrogens with zero attached hydrogens (tertiary/aromatic N) is 3. The van der Waals surface area contributed by atoms with Crippen LogP contribution in [0.2, 0.25) is 0 Å². The van der Waals surface area contributed by atoms with Crippen molar-refractivity contribution in [1.29, 1.82) is 5.26 Å². The molecule has 1 saturated heterocycles. The highest BCUT2D eigenvalue weighted by molar-refractivity contribution is 5.93. The lowest BCUT2D eigenvalue weighted by molar-refractivity contribution is -0.00311. The maximum absolute atomic E-state index is 12.5. The highest BCUT2D eigenvalue weighted by atomic mass is 16.5. The minimum absolute atomic E-state index is 0.196. The maximum atomic E-state index is 12.5. The zero-order chi connectivity index (χ0) is 17.8. The van der Waals surface area contributed by atoms with Crippen molar-refractivity contribution in [1.82, 2.24) is 14.9 Å². The smallest absolute Gasteiger partial charge is 0.268 e. The molecule has 1 aliphatic heterocycles. The molecule has 2 atom stereocenters. The number of nitriles is 1. The van der Waals surface area contributed by atoms with E-state index in [-0.39, 0.29) is 18.1 Å². The summed E-state index contributed by atoms with van der Waals surface area (Å²) in [4.78, 5) is 16.8. The van der Waals surface area contributed by atoms with Gasteiger partial charge in [0.2, 0.25) is 0 Å². The van der Waals surface area contributed by atoms with Crippen molar-refractivity contribution < 1.29 is 14.3 Å². The molecule has 1 amide bonds. The number of aryl methyl sites for hydroxylation is 2. The Morgan fingerprint density at radius 3 is 3.04 bits per heavy atom. The average molecular weight is 340 g/mol. The summed E-state index contributed by atoms with van der Waals surface area (Å²) >= 11 is 0. The molecule has 2 aromatic rings. The maximum Gasteiger partial charge on any atom is 0.268 e. The fraction of sp³-hybridized carbons (Fsp3) is 0.389. The fourth-order valence-corrected chi connectivity index (χ4v) is 2.79. The first-order chi connectivity index (χ1) is 12.1. The van der Waals surface area contributed by atoms with Crippen LogP contribution < -0.4 is 10.1 Å². The lowest BCUT2D eigenvalue weighted by Gasteiger charge is -2.32. The summed E-state index contributed by atoms with van der Waals surface area (Å²) in [6.45, 7) is 2.88. The molecule has 0 unspecified atom stereocenters. The number of rotatable bonds is 4. The molecule has 1 aliphatic rings. The lowest BCUT2D eigenvalue weighted by atomic mass is 10.1. The van der Waals surface area contributed by atoms with Gasteiger partial charge in [-0.2, -0.15) is 5.26 Å². The molecule has 0 aromatic carbocycles. The molecule has 0 bridgehead atoms. The summed E-state index contributed by atoms with van der Waals surface area (Å²) in [5.41, 5.74) is 1.80. The molecule has 7 nitrogen and oxygen atoms in total. The number of nitrogens with one attached hydrogen (secondary N) is 1. The van der Waals surface area contributed by atoms with Crippen LogP contribution in [-0.2, 0) is 11.8 Å². The quantitative estimate of drug-likeness (QED) is 0.912. The first kappa shape index (κ1) is 17.0. The molecule has 130 valence electrons. The van der Waals surface area contributed by atoms with E-state index in [1.54, 1.807) is 30.1 Å². The molecule has 3 heterocycles. The first-order valence-electron chi connectivity index (χ1n) is 8.11. The summed E-state index contributed by atoms with van der Waals surface area (Å²) in [5.74, 6) is 0.414. The van der Waals surface area contributed by atoms with Gasteiger partial charge in [0.1, 0.15) is 23.6 Å². The third-order valence-electron chi connectivity index (χ3n) is 4.15. The molecular weight excluding hydrogens is 320 g/mol. The van der Waals surface area contributed by atoms with Crippen molar-refractivity contribution >= 4 is 5.91 Å². The number of hydrogen-bond donors (Lipinski definition) is 1. The van der Waals surface area contributed by atoms with Gasteiger partial charge in [-0.25, -0.2) is 0 Å². The van der Waals surface area contributed by atoms with E-state index in [0.29, 0.717) is 36.6 Å². The summed E-state index contributed by atoms with van der Waals surface area (Å²) < 4.78 is 13.1. The van der Waals surface area contributed by atoms with E-state index >= 15 is 0 Å². The number of amides is 1. The summed E-state index contributed by atoms with van der Waals surface area (Å²) in [6, 6.07) is 7.08. The zero-order valence-corrected chi connectivity index (χ0v) is 14.2. The van der Waals surface area contributed by atoms with Crippen LogP contribution in [0.4, 0.5) is 0 Å². The van der Waals surface area contributed by atoms with Crippen molar-refractivity contribution in [3.63, 3.8) is 0 Å². The van der Waals surface area contributed by atoms with Gasteiger partial charge in [-0.1, -0.05) is 0 Å². The number of aromatic nitrogens is 2. The molecule has 3 rings (SSSR count). The second-order valence-corrected chi connectivity index (χ2v) is 6.07. The van der Waals surface area contributed by atoms with Crippen LogP contribution in [0.15, 0.2) is 30.6 Å². The Morgan fingerprint density at radius 2 is 2.36 bits per heavy atom. The van der Waals surface area contributed by atoms with Gasteiger partial charge >= 0.3 is 0 Å². The van der Waals surface area contributed by atoms with Crippen LogP contribution in [-0.4, -0.2) is 40.8 Å². The summed E-state index contributed by atoms with van der Waals surface area (Å²) in [6.07, 6.45) is 3.78. The Labute approximate surface area is 146 Å². The molecule has 1 fully saturated rings.